The Hall–Kier alpha value is -5.31. The highest BCUT2D eigenvalue weighted by molar-refractivity contribution is 7.11. The lowest BCUT2D eigenvalue weighted by atomic mass is 9.16. The van der Waals surface area contributed by atoms with Gasteiger partial charge in [0.1, 0.15) is 41.0 Å². The first-order valence-electron chi connectivity index (χ1n) is 13.7. The minimum Gasteiger partial charge on any atom is -0.210 e. The number of rotatable bonds is 3. The number of benzene rings is 6. The second-order valence-electron chi connectivity index (χ2n) is 11.4. The smallest absolute Gasteiger partial charge is 0.198 e. The van der Waals surface area contributed by atoms with E-state index in [-0.39, 0.29) is 0 Å². The summed E-state index contributed by atoms with van der Waals surface area (Å²) in [5.41, 5.74) is -8.75. The predicted molar refractivity (Wildman–Crippen MR) is 141 cm³/mol. The van der Waals surface area contributed by atoms with E-state index in [0.717, 1.165) is 0 Å². The van der Waals surface area contributed by atoms with E-state index >= 15 is 39.5 Å². The Labute approximate surface area is 276 Å². The third kappa shape index (κ3) is 4.46. The van der Waals surface area contributed by atoms with Gasteiger partial charge in [0.05, 0.1) is 32.3 Å². The summed E-state index contributed by atoms with van der Waals surface area (Å²) in [5, 5.41) is -15.5. The topological polar surface area (TPSA) is 0 Å². The predicted octanol–water partition coefficient (Wildman–Crippen LogP) is 9.17. The Morgan fingerprint density at radius 3 is 0.491 bits per heavy atom. The zero-order valence-corrected chi connectivity index (χ0v) is 24.5. The molecule has 0 nitrogen and oxygen atoms in total. The van der Waals surface area contributed by atoms with Gasteiger partial charge in [-0.1, -0.05) is 0 Å². The van der Waals surface area contributed by atoms with E-state index in [1.807, 2.05) is 0 Å². The molecule has 0 atom stereocenters. The molecule has 6 aromatic carbocycles. The molecule has 0 amide bonds. The molecule has 0 unspecified atom stereocenters. The zero-order chi connectivity index (χ0) is 39.8. The van der Waals surface area contributed by atoms with E-state index in [2.05, 4.69) is 0 Å². The molecular formula is C31H3BF21-. The van der Waals surface area contributed by atoms with Crippen LogP contribution in [0.4, 0.5) is 92.2 Å². The maximum atomic E-state index is 16.4. The van der Waals surface area contributed by atoms with Crippen LogP contribution in [0, 0.1) is 122 Å². The third-order valence-electron chi connectivity index (χ3n) is 8.85. The second-order valence-corrected chi connectivity index (χ2v) is 11.4. The molecule has 0 aromatic heterocycles. The van der Waals surface area contributed by atoms with Crippen LogP contribution >= 0.6 is 0 Å². The van der Waals surface area contributed by atoms with Gasteiger partial charge in [0.15, 0.2) is 87.3 Å². The molecule has 278 valence electrons. The molecule has 0 spiro atoms. The number of halogens is 21. The van der Waals surface area contributed by atoms with E-state index in [9.17, 15) is 52.7 Å². The Bertz CT molecular complexity index is 2410. The van der Waals surface area contributed by atoms with Crippen molar-refractivity contribution < 1.29 is 92.2 Å². The van der Waals surface area contributed by atoms with Crippen LogP contribution in [0.25, 0.3) is 32.3 Å². The van der Waals surface area contributed by atoms with Gasteiger partial charge >= 0.3 is 0 Å². The monoisotopic (exact) mass is 785 g/mol. The van der Waals surface area contributed by atoms with Crippen LogP contribution in [-0.2, 0) is 0 Å². The summed E-state index contributed by atoms with van der Waals surface area (Å²) in [6, 6.07) is 0. The normalized spacial score (nSPS) is 12.3. The quantitative estimate of drug-likeness (QED) is 0.0728. The third-order valence-corrected chi connectivity index (χ3v) is 8.85. The average molecular weight is 785 g/mol. The first kappa shape index (κ1) is 37.5. The van der Waals surface area contributed by atoms with Crippen molar-refractivity contribution in [2.45, 2.75) is 6.82 Å². The molecule has 0 saturated carbocycles. The standard InChI is InChI=1S/C31H3BF21/c1-32(8-11(33)2-5(14(36)23(8)45)20(42)29(51)26(48)17(2)39,9-12(34)3-6(15(37)24(9)46)21(43)30(52)27(49)18(3)40)10-13(35)4-7(16(38)25(10)47)22(44)31(53)28(50)19(4)41/h1H3/q-1. The number of fused-ring (bicyclic) bond motifs is 3. The molecule has 0 N–H and O–H groups in total. The van der Waals surface area contributed by atoms with Crippen LogP contribution in [-0.4, -0.2) is 6.15 Å². The molecule has 6 rings (SSSR count). The van der Waals surface area contributed by atoms with Crippen LogP contribution in [0.3, 0.4) is 0 Å². The molecule has 0 aliphatic heterocycles. The molecule has 53 heavy (non-hydrogen) atoms. The largest absolute Gasteiger partial charge is 0.210 e. The molecule has 6 aromatic rings. The zero-order valence-electron chi connectivity index (χ0n) is 24.5. The lowest BCUT2D eigenvalue weighted by Gasteiger charge is -2.41. The summed E-state index contributed by atoms with van der Waals surface area (Å²) in [5.74, 6) is -65.1. The van der Waals surface area contributed by atoms with Crippen molar-refractivity contribution in [3.8, 4) is 0 Å². The van der Waals surface area contributed by atoms with Crippen LogP contribution in [0.15, 0.2) is 0 Å². The summed E-state index contributed by atoms with van der Waals surface area (Å²) < 4.78 is 317. The molecule has 0 heterocycles. The lowest BCUT2D eigenvalue weighted by molar-refractivity contribution is 0.412. The van der Waals surface area contributed by atoms with E-state index < -0.39 is 184 Å². The molecule has 0 saturated heterocycles. The van der Waals surface area contributed by atoms with Gasteiger partial charge in [-0.3, -0.25) is 0 Å². The highest BCUT2D eigenvalue weighted by atomic mass is 19.2. The molecular weight excluding hydrogens is 782 g/mol. The molecule has 0 bridgehead atoms. The Balaban J connectivity index is 2.02. The van der Waals surface area contributed by atoms with E-state index in [4.69, 9.17) is 0 Å². The molecule has 0 radical (unpaired) electrons. The van der Waals surface area contributed by atoms with Crippen molar-refractivity contribution in [2.75, 3.05) is 0 Å². The van der Waals surface area contributed by atoms with Gasteiger partial charge in [-0.05, 0) is 0 Å². The molecule has 0 fully saturated rings. The first-order valence-corrected chi connectivity index (χ1v) is 13.7. The first-order chi connectivity index (χ1) is 24.5. The van der Waals surface area contributed by atoms with Gasteiger partial charge in [-0.2, -0.15) is 6.82 Å². The molecule has 0 aliphatic rings. The van der Waals surface area contributed by atoms with Crippen LogP contribution in [0.2, 0.25) is 6.82 Å². The van der Waals surface area contributed by atoms with E-state index in [1.54, 1.807) is 0 Å². The Morgan fingerprint density at radius 1 is 0.189 bits per heavy atom. The van der Waals surface area contributed by atoms with Gasteiger partial charge < -0.3 is 0 Å². The highest BCUT2D eigenvalue weighted by Crippen LogP contribution is 2.38. The van der Waals surface area contributed by atoms with Crippen LogP contribution in [0.5, 0.6) is 0 Å². The lowest BCUT2D eigenvalue weighted by Crippen LogP contribution is -2.70. The Morgan fingerprint density at radius 2 is 0.321 bits per heavy atom. The van der Waals surface area contributed by atoms with Crippen molar-refractivity contribution in [3.63, 3.8) is 0 Å². The van der Waals surface area contributed by atoms with Crippen LogP contribution in [0.1, 0.15) is 0 Å². The van der Waals surface area contributed by atoms with Gasteiger partial charge in [0.25, 0.3) is 0 Å². The summed E-state index contributed by atoms with van der Waals surface area (Å²) >= 11 is 0. The van der Waals surface area contributed by atoms with Crippen molar-refractivity contribution >= 4 is 54.9 Å². The summed E-state index contributed by atoms with van der Waals surface area (Å²) in [7, 11) is 0. The minimum atomic E-state index is -5.99. The van der Waals surface area contributed by atoms with Gasteiger partial charge in [-0.25, -0.2) is 92.2 Å². The second kappa shape index (κ2) is 11.9. The average Bonchev–Trinajstić information content (AvgIpc) is 3.10. The minimum absolute atomic E-state index is 0.414. The number of hydrogen-bond acceptors (Lipinski definition) is 0. The maximum Gasteiger partial charge on any atom is 0.198 e. The van der Waals surface area contributed by atoms with E-state index in [0.29, 0.717) is 0 Å². The summed E-state index contributed by atoms with van der Waals surface area (Å²) in [4.78, 5) is 0. The Kier molecular flexibility index (Phi) is 8.38. The fraction of sp³-hybridized carbons (Fsp3) is 0.0323. The highest BCUT2D eigenvalue weighted by Gasteiger charge is 2.45. The van der Waals surface area contributed by atoms with Crippen molar-refractivity contribution in [1.82, 2.24) is 0 Å². The SMILES string of the molecule is C[B-](c1c(F)c(F)c2c(F)c(F)c(F)c(F)c2c1F)(c1c(F)c(F)c2c(F)c(F)c(F)c(F)c2c1F)c1c(F)c(F)c2c(F)c(F)c(F)c(F)c2c1F. The fourth-order valence-corrected chi connectivity index (χ4v) is 6.46. The summed E-state index contributed by atoms with van der Waals surface area (Å²) in [6.07, 6.45) is -5.99. The summed E-state index contributed by atoms with van der Waals surface area (Å²) in [6.45, 7) is -0.414. The van der Waals surface area contributed by atoms with Crippen LogP contribution < -0.4 is 16.4 Å². The fourth-order valence-electron chi connectivity index (χ4n) is 6.46. The van der Waals surface area contributed by atoms with Crippen molar-refractivity contribution in [3.05, 3.63) is 122 Å². The van der Waals surface area contributed by atoms with E-state index in [1.165, 1.54) is 0 Å². The van der Waals surface area contributed by atoms with Gasteiger partial charge in [0, 0.05) is 0 Å². The molecule has 22 heteroatoms. The number of hydrogen-bond donors (Lipinski definition) is 0. The van der Waals surface area contributed by atoms with Crippen molar-refractivity contribution in [2.24, 2.45) is 0 Å². The van der Waals surface area contributed by atoms with Gasteiger partial charge in [0.2, 0.25) is 0 Å². The van der Waals surface area contributed by atoms with Gasteiger partial charge in [-0.15, -0.1) is 16.4 Å². The maximum absolute atomic E-state index is 16.4. The molecule has 0 aliphatic carbocycles. The van der Waals surface area contributed by atoms with Crippen molar-refractivity contribution in [1.29, 1.82) is 0 Å².